The molecule has 0 unspecified atom stereocenters. The van der Waals surface area contributed by atoms with E-state index >= 15 is 0 Å². The number of carbonyl (C=O) groups excluding carboxylic acids is 1. The van der Waals surface area contributed by atoms with E-state index in [0.29, 0.717) is 17.8 Å². The van der Waals surface area contributed by atoms with E-state index in [1.165, 1.54) is 0 Å². The summed E-state index contributed by atoms with van der Waals surface area (Å²) in [5.74, 6) is 0.577. The largest absolute Gasteiger partial charge is 0.467 e. The molecule has 5 heteroatoms. The molecule has 3 rings (SSSR count). The van der Waals surface area contributed by atoms with Gasteiger partial charge in [0, 0.05) is 0 Å². The number of nitrogens with zero attached hydrogens (tertiary/aromatic N) is 2. The zero-order valence-corrected chi connectivity index (χ0v) is 12.5. The van der Waals surface area contributed by atoms with Gasteiger partial charge in [-0.3, -0.25) is 4.79 Å². The molecule has 1 amide bonds. The lowest BCUT2D eigenvalue weighted by Crippen LogP contribution is -2.23. The number of hydrogen-bond acceptors (Lipinski definition) is 3. The molecule has 5 nitrogen and oxygen atoms in total. The van der Waals surface area contributed by atoms with E-state index in [1.54, 1.807) is 17.0 Å². The summed E-state index contributed by atoms with van der Waals surface area (Å²) < 4.78 is 7.01. The van der Waals surface area contributed by atoms with Gasteiger partial charge in [-0.2, -0.15) is 5.10 Å². The van der Waals surface area contributed by atoms with Crippen LogP contribution in [0.2, 0.25) is 0 Å². The fraction of sp³-hybridized carbons (Fsp3) is 0.176. The predicted molar refractivity (Wildman–Crippen MR) is 82.9 cm³/mol. The maximum Gasteiger partial charge on any atom is 0.255 e. The Morgan fingerprint density at radius 1 is 1.18 bits per heavy atom. The van der Waals surface area contributed by atoms with Crippen LogP contribution in [-0.2, 0) is 6.54 Å². The lowest BCUT2D eigenvalue weighted by Gasteiger charge is -2.06. The standard InChI is InChI=1S/C17H17N3O2/c1-12-16(17(21)18-11-15-9-6-10-22-15)13(2)20(19-12)14-7-4-3-5-8-14/h3-10H,11H2,1-2H3,(H,18,21). The Hall–Kier alpha value is -2.82. The second-order valence-corrected chi connectivity index (χ2v) is 5.06. The molecule has 0 aliphatic rings. The normalized spacial score (nSPS) is 10.6. The van der Waals surface area contributed by atoms with E-state index in [1.807, 2.05) is 50.2 Å². The van der Waals surface area contributed by atoms with Crippen LogP contribution >= 0.6 is 0 Å². The van der Waals surface area contributed by atoms with Crippen LogP contribution in [0.1, 0.15) is 27.5 Å². The topological polar surface area (TPSA) is 60.1 Å². The third-order valence-corrected chi connectivity index (χ3v) is 3.52. The van der Waals surface area contributed by atoms with Crippen molar-refractivity contribution in [1.82, 2.24) is 15.1 Å². The van der Waals surface area contributed by atoms with E-state index < -0.39 is 0 Å². The molecule has 112 valence electrons. The van der Waals surface area contributed by atoms with Crippen LogP contribution < -0.4 is 5.32 Å². The predicted octanol–water partition coefficient (Wildman–Crippen LogP) is 3.01. The van der Waals surface area contributed by atoms with E-state index in [2.05, 4.69) is 10.4 Å². The van der Waals surface area contributed by atoms with E-state index in [-0.39, 0.29) is 5.91 Å². The minimum Gasteiger partial charge on any atom is -0.467 e. The van der Waals surface area contributed by atoms with Crippen LogP contribution in [0.3, 0.4) is 0 Å². The van der Waals surface area contributed by atoms with Crippen LogP contribution in [0.4, 0.5) is 0 Å². The summed E-state index contributed by atoms with van der Waals surface area (Å²) in [4.78, 5) is 12.4. The molecule has 22 heavy (non-hydrogen) atoms. The number of rotatable bonds is 4. The van der Waals surface area contributed by atoms with Crippen molar-refractivity contribution in [3.05, 3.63) is 71.4 Å². The average Bonchev–Trinajstić information content (AvgIpc) is 3.14. The molecule has 0 aliphatic carbocycles. The van der Waals surface area contributed by atoms with Gasteiger partial charge in [-0.05, 0) is 38.1 Å². The second kappa shape index (κ2) is 5.89. The van der Waals surface area contributed by atoms with Gasteiger partial charge in [0.15, 0.2) is 0 Å². The monoisotopic (exact) mass is 295 g/mol. The van der Waals surface area contributed by atoms with Crippen LogP contribution in [0.25, 0.3) is 5.69 Å². The molecule has 3 aromatic rings. The number of amides is 1. The molecule has 2 heterocycles. The number of aromatic nitrogens is 2. The lowest BCUT2D eigenvalue weighted by atomic mass is 10.2. The third kappa shape index (κ3) is 2.65. The number of furan rings is 1. The highest BCUT2D eigenvalue weighted by Gasteiger charge is 2.19. The van der Waals surface area contributed by atoms with Crippen molar-refractivity contribution in [3.63, 3.8) is 0 Å². The Bertz CT molecular complexity index is 774. The number of aryl methyl sites for hydroxylation is 1. The molecule has 0 atom stereocenters. The van der Waals surface area contributed by atoms with Crippen molar-refractivity contribution in [2.75, 3.05) is 0 Å². The van der Waals surface area contributed by atoms with Gasteiger partial charge in [0.25, 0.3) is 5.91 Å². The van der Waals surface area contributed by atoms with Gasteiger partial charge in [0.1, 0.15) is 5.76 Å². The molecule has 0 radical (unpaired) electrons. The highest BCUT2D eigenvalue weighted by molar-refractivity contribution is 5.96. The van der Waals surface area contributed by atoms with E-state index in [0.717, 1.165) is 17.1 Å². The molecule has 0 spiro atoms. The minimum atomic E-state index is -0.145. The molecular weight excluding hydrogens is 278 g/mol. The van der Waals surface area contributed by atoms with Gasteiger partial charge in [-0.15, -0.1) is 0 Å². The number of hydrogen-bond donors (Lipinski definition) is 1. The zero-order chi connectivity index (χ0) is 15.5. The van der Waals surface area contributed by atoms with Gasteiger partial charge in [-0.1, -0.05) is 18.2 Å². The second-order valence-electron chi connectivity index (χ2n) is 5.06. The molecular formula is C17H17N3O2. The fourth-order valence-corrected chi connectivity index (χ4v) is 2.46. The fourth-order valence-electron chi connectivity index (χ4n) is 2.46. The first kappa shape index (κ1) is 14.1. The minimum absolute atomic E-state index is 0.145. The highest BCUT2D eigenvalue weighted by Crippen LogP contribution is 2.17. The van der Waals surface area contributed by atoms with Crippen molar-refractivity contribution < 1.29 is 9.21 Å². The van der Waals surface area contributed by atoms with Crippen LogP contribution in [0.5, 0.6) is 0 Å². The smallest absolute Gasteiger partial charge is 0.255 e. The van der Waals surface area contributed by atoms with Gasteiger partial charge in [-0.25, -0.2) is 4.68 Å². The van der Waals surface area contributed by atoms with Crippen LogP contribution in [0.15, 0.2) is 53.1 Å². The number of carbonyl (C=O) groups is 1. The molecule has 1 aromatic carbocycles. The SMILES string of the molecule is Cc1nn(-c2ccccc2)c(C)c1C(=O)NCc1ccco1. The number of nitrogens with one attached hydrogen (secondary N) is 1. The Morgan fingerprint density at radius 3 is 2.64 bits per heavy atom. The van der Waals surface area contributed by atoms with Gasteiger partial charge in [0.2, 0.25) is 0 Å². The molecule has 0 saturated heterocycles. The summed E-state index contributed by atoms with van der Waals surface area (Å²) in [6, 6.07) is 13.4. The Balaban J connectivity index is 1.85. The van der Waals surface area contributed by atoms with E-state index in [9.17, 15) is 4.79 Å². The summed E-state index contributed by atoms with van der Waals surface area (Å²) in [6.07, 6.45) is 1.59. The first-order chi connectivity index (χ1) is 10.7. The molecule has 2 aromatic heterocycles. The summed E-state index contributed by atoms with van der Waals surface area (Å²) in [6.45, 7) is 4.10. The maximum atomic E-state index is 12.4. The maximum absolute atomic E-state index is 12.4. The first-order valence-corrected chi connectivity index (χ1v) is 7.09. The quantitative estimate of drug-likeness (QED) is 0.805. The summed E-state index contributed by atoms with van der Waals surface area (Å²) in [5, 5.41) is 7.34. The van der Waals surface area contributed by atoms with Crippen LogP contribution in [-0.4, -0.2) is 15.7 Å². The highest BCUT2D eigenvalue weighted by atomic mass is 16.3. The Kier molecular flexibility index (Phi) is 3.78. The lowest BCUT2D eigenvalue weighted by molar-refractivity contribution is 0.0947. The summed E-state index contributed by atoms with van der Waals surface area (Å²) in [7, 11) is 0. The van der Waals surface area contributed by atoms with E-state index in [4.69, 9.17) is 4.42 Å². The summed E-state index contributed by atoms with van der Waals surface area (Å²) in [5.41, 5.74) is 3.07. The molecule has 0 fully saturated rings. The van der Waals surface area contributed by atoms with Crippen molar-refractivity contribution in [1.29, 1.82) is 0 Å². The van der Waals surface area contributed by atoms with Crippen LogP contribution in [0, 0.1) is 13.8 Å². The molecule has 0 saturated carbocycles. The van der Waals surface area contributed by atoms with Crippen molar-refractivity contribution >= 4 is 5.91 Å². The molecule has 0 aliphatic heterocycles. The Morgan fingerprint density at radius 2 is 1.95 bits per heavy atom. The zero-order valence-electron chi connectivity index (χ0n) is 12.5. The number of para-hydroxylation sites is 1. The number of benzene rings is 1. The molecule has 1 N–H and O–H groups in total. The van der Waals surface area contributed by atoms with Crippen molar-refractivity contribution in [3.8, 4) is 5.69 Å². The first-order valence-electron chi connectivity index (χ1n) is 7.09. The van der Waals surface area contributed by atoms with Gasteiger partial charge in [0.05, 0.1) is 35.4 Å². The molecule has 0 bridgehead atoms. The van der Waals surface area contributed by atoms with Gasteiger partial charge >= 0.3 is 0 Å². The van der Waals surface area contributed by atoms with Gasteiger partial charge < -0.3 is 9.73 Å². The Labute approximate surface area is 128 Å². The average molecular weight is 295 g/mol. The van der Waals surface area contributed by atoms with Crippen molar-refractivity contribution in [2.24, 2.45) is 0 Å². The van der Waals surface area contributed by atoms with Crippen molar-refractivity contribution in [2.45, 2.75) is 20.4 Å². The third-order valence-electron chi connectivity index (χ3n) is 3.52. The summed E-state index contributed by atoms with van der Waals surface area (Å²) >= 11 is 0.